The van der Waals surface area contributed by atoms with Crippen LogP contribution in [0.5, 0.6) is 0 Å². The largest absolute Gasteiger partial charge is 0.748 e. The van der Waals surface area contributed by atoms with E-state index in [1.54, 1.807) is 17.4 Å². The number of anilines is 2. The topological polar surface area (TPSA) is 148 Å². The first-order valence-corrected chi connectivity index (χ1v) is 14.2. The zero-order chi connectivity index (χ0) is 27.3. The molecule has 0 fully saturated rings. The van der Waals surface area contributed by atoms with Crippen molar-refractivity contribution in [1.82, 2.24) is 6.15 Å². The van der Waals surface area contributed by atoms with Gasteiger partial charge in [0.2, 0.25) is 0 Å². The summed E-state index contributed by atoms with van der Waals surface area (Å²) in [5, 5.41) is 19.1. The van der Waals surface area contributed by atoms with Crippen LogP contribution in [-0.2, 0) is 10.1 Å². The Morgan fingerprint density at radius 2 is 1.72 bits per heavy atom. The Bertz CT molecular complexity index is 1600. The fourth-order valence-electron chi connectivity index (χ4n) is 4.21. The lowest BCUT2D eigenvalue weighted by Gasteiger charge is -2.32. The van der Waals surface area contributed by atoms with Gasteiger partial charge in [-0.05, 0) is 60.5 Å². The first-order chi connectivity index (χ1) is 18.2. The molecule has 39 heavy (non-hydrogen) atoms. The molecule has 1 aliphatic heterocycles. The fraction of sp³-hybridized carbons (Fsp3) is 0.172. The zero-order valence-electron chi connectivity index (χ0n) is 22.0. The Labute approximate surface area is 233 Å². The number of thiophene rings is 1. The number of para-hydroxylation sites is 1. The van der Waals surface area contributed by atoms with Crippen LogP contribution in [0.3, 0.4) is 0 Å². The van der Waals surface area contributed by atoms with Gasteiger partial charge in [-0.15, -0.1) is 11.3 Å². The summed E-state index contributed by atoms with van der Waals surface area (Å²) in [7, 11) is -0.347. The van der Waals surface area contributed by atoms with Crippen molar-refractivity contribution < 1.29 is 13.0 Å². The molecule has 2 heterocycles. The van der Waals surface area contributed by atoms with E-state index in [0.717, 1.165) is 26.7 Å². The number of quaternary nitrogens is 1. The van der Waals surface area contributed by atoms with Crippen LogP contribution in [0, 0.1) is 22.7 Å². The van der Waals surface area contributed by atoms with Crippen LogP contribution in [0.25, 0.3) is 22.1 Å². The van der Waals surface area contributed by atoms with Crippen molar-refractivity contribution in [3.05, 3.63) is 94.5 Å². The van der Waals surface area contributed by atoms with Gasteiger partial charge < -0.3 is 20.5 Å². The monoisotopic (exact) mass is 559 g/mol. The third-order valence-electron chi connectivity index (χ3n) is 6.07. The Hall–Kier alpha value is -4.19. The molecule has 10 heteroatoms. The molecule has 0 unspecified atom stereocenters. The van der Waals surface area contributed by atoms with Gasteiger partial charge >= 0.3 is 0 Å². The standard InChI is InChI=1S/C29H26N4O3S2.H3N/c1-32(2)23-10-8-21(9-11-23)29-15-14-25(37-29)13-12-24-18-27(22(19-30)20-31)26-6-3-4-7-28(26)33(24)16-5-17-38(34,35)36;/h3-4,6-15,18H,5,16-17H2,1-2H3,(H,34,35,36);1H3/b13-12+;. The van der Waals surface area contributed by atoms with Crippen molar-refractivity contribution in [1.29, 1.82) is 10.5 Å². The summed E-state index contributed by atoms with van der Waals surface area (Å²) in [5.41, 5.74) is 4.86. The van der Waals surface area contributed by atoms with Gasteiger partial charge in [-0.2, -0.15) is 10.5 Å². The number of rotatable bonds is 8. The summed E-state index contributed by atoms with van der Waals surface area (Å²) >= 11 is 1.63. The van der Waals surface area contributed by atoms with Crippen LogP contribution < -0.4 is 16.0 Å². The molecule has 0 atom stereocenters. The van der Waals surface area contributed by atoms with Crippen molar-refractivity contribution in [2.45, 2.75) is 6.42 Å². The van der Waals surface area contributed by atoms with Crippen LogP contribution in [0.4, 0.5) is 11.4 Å². The zero-order valence-corrected chi connectivity index (χ0v) is 23.6. The van der Waals surface area contributed by atoms with E-state index in [2.05, 4.69) is 30.3 Å². The molecule has 0 saturated heterocycles. The smallest absolute Gasteiger partial charge is 0.137 e. The van der Waals surface area contributed by atoms with Gasteiger partial charge in [-0.3, -0.25) is 0 Å². The Balaban J connectivity index is 0.00000420. The predicted octanol–water partition coefficient (Wildman–Crippen LogP) is 6.01. The number of nitriles is 2. The molecular formula is C29H29N5O3S2. The molecule has 0 aliphatic carbocycles. The van der Waals surface area contributed by atoms with Gasteiger partial charge in [-0.1, -0.05) is 30.3 Å². The highest BCUT2D eigenvalue weighted by atomic mass is 32.2. The minimum atomic E-state index is -4.35. The molecule has 8 nitrogen and oxygen atoms in total. The molecule has 0 saturated carbocycles. The molecule has 0 bridgehead atoms. The third-order valence-corrected chi connectivity index (χ3v) is 7.96. The Kier molecular flexibility index (Phi) is 9.47. The van der Waals surface area contributed by atoms with Crippen molar-refractivity contribution in [2.75, 3.05) is 36.2 Å². The van der Waals surface area contributed by atoms with Crippen molar-refractivity contribution in [2.24, 2.45) is 0 Å². The quantitative estimate of drug-likeness (QED) is 0.262. The van der Waals surface area contributed by atoms with E-state index >= 15 is 0 Å². The maximum Gasteiger partial charge on any atom is 0.137 e. The molecule has 0 radical (unpaired) electrons. The molecule has 4 rings (SSSR count). The maximum atomic E-state index is 11.2. The van der Waals surface area contributed by atoms with Crippen LogP contribution in [-0.4, -0.2) is 39.4 Å². The van der Waals surface area contributed by atoms with Gasteiger partial charge in [-0.25, -0.2) is 8.42 Å². The van der Waals surface area contributed by atoms with Crippen molar-refractivity contribution in [3.63, 3.8) is 0 Å². The lowest BCUT2D eigenvalue weighted by atomic mass is 9.93. The second-order valence-corrected chi connectivity index (χ2v) is 11.5. The van der Waals surface area contributed by atoms with E-state index in [1.165, 1.54) is 0 Å². The van der Waals surface area contributed by atoms with Crippen LogP contribution in [0.1, 0.15) is 16.9 Å². The van der Waals surface area contributed by atoms with Gasteiger partial charge in [0.15, 0.2) is 0 Å². The Morgan fingerprint density at radius 3 is 2.36 bits per heavy atom. The molecule has 0 amide bonds. The van der Waals surface area contributed by atoms with E-state index in [4.69, 9.17) is 0 Å². The molecule has 200 valence electrons. The Morgan fingerprint density at radius 1 is 1.03 bits per heavy atom. The van der Waals surface area contributed by atoms with Crippen LogP contribution >= 0.6 is 11.3 Å². The van der Waals surface area contributed by atoms with E-state index < -0.39 is 15.9 Å². The van der Waals surface area contributed by atoms with Crippen molar-refractivity contribution >= 4 is 44.5 Å². The van der Waals surface area contributed by atoms with Gasteiger partial charge in [0.05, 0.1) is 10.1 Å². The second kappa shape index (κ2) is 12.6. The predicted molar refractivity (Wildman–Crippen MR) is 158 cm³/mol. The average molecular weight is 560 g/mol. The summed E-state index contributed by atoms with van der Waals surface area (Å²) in [6.07, 6.45) is 5.74. The number of nitrogens with zero attached hydrogens (tertiary/aromatic N) is 4. The van der Waals surface area contributed by atoms with Crippen LogP contribution in [0.2, 0.25) is 0 Å². The molecule has 3 aromatic rings. The van der Waals surface area contributed by atoms with Gasteiger partial charge in [0, 0.05) is 64.4 Å². The van der Waals surface area contributed by atoms with Gasteiger partial charge in [0.25, 0.3) is 0 Å². The third kappa shape index (κ3) is 7.02. The molecule has 1 aliphatic rings. The number of hydrogen-bond acceptors (Lipinski definition) is 8. The summed E-state index contributed by atoms with van der Waals surface area (Å²) in [5.74, 6) is -0.478. The summed E-state index contributed by atoms with van der Waals surface area (Å²) in [6.45, 7) is 0.282. The highest BCUT2D eigenvalue weighted by molar-refractivity contribution is 7.85. The lowest BCUT2D eigenvalue weighted by Crippen LogP contribution is -2.28. The first kappa shape index (κ1) is 29.4. The minimum Gasteiger partial charge on any atom is -0.748 e. The fourth-order valence-corrected chi connectivity index (χ4v) is 5.61. The summed E-state index contributed by atoms with van der Waals surface area (Å²) < 4.78 is 33.7. The van der Waals surface area contributed by atoms with E-state index in [-0.39, 0.29) is 24.7 Å². The summed E-state index contributed by atoms with van der Waals surface area (Å²) in [4.78, 5) is 6.09. The summed E-state index contributed by atoms with van der Waals surface area (Å²) in [6, 6.07) is 23.7. The SMILES string of the molecule is CN(C)c1ccc(-c2ccc(/C=C/C3=CC(=C(C#N)C#N)c4ccccc4N3CCCS(=O)(=O)[O-])s2)cc1.[NH4+]. The second-order valence-electron chi connectivity index (χ2n) is 8.84. The molecular weight excluding hydrogens is 530 g/mol. The minimum absolute atomic E-state index is 0. The normalized spacial score (nSPS) is 12.7. The first-order valence-electron chi connectivity index (χ1n) is 11.8. The average Bonchev–Trinajstić information content (AvgIpc) is 3.37. The number of allylic oxidation sites excluding steroid dienone is 4. The van der Waals surface area contributed by atoms with Crippen LogP contribution in [0.15, 0.2) is 84.1 Å². The number of benzene rings is 2. The van der Waals surface area contributed by atoms with Crippen molar-refractivity contribution in [3.8, 4) is 22.6 Å². The highest BCUT2D eigenvalue weighted by Crippen LogP contribution is 2.38. The maximum absolute atomic E-state index is 11.2. The van der Waals surface area contributed by atoms with E-state index in [1.807, 2.05) is 78.5 Å². The lowest BCUT2D eigenvalue weighted by molar-refractivity contribution is 0.461. The highest BCUT2D eigenvalue weighted by Gasteiger charge is 2.23. The molecule has 0 spiro atoms. The number of hydrogen-bond donors (Lipinski definition) is 1. The molecule has 4 N–H and O–H groups in total. The molecule has 1 aromatic heterocycles. The van der Waals surface area contributed by atoms with E-state index in [0.29, 0.717) is 16.8 Å². The molecule has 2 aromatic carbocycles. The van der Waals surface area contributed by atoms with E-state index in [9.17, 15) is 23.5 Å². The van der Waals surface area contributed by atoms with Gasteiger partial charge in [0.1, 0.15) is 17.7 Å². The number of fused-ring (bicyclic) bond motifs is 1.